The Balaban J connectivity index is 2.54. The molecule has 0 fully saturated rings. The molecule has 0 saturated heterocycles. The van der Waals surface area contributed by atoms with Crippen LogP contribution in [0.4, 0.5) is 0 Å². The molecular formula is C13H21NO2. The molecule has 90 valence electrons. The van der Waals surface area contributed by atoms with Crippen LogP contribution in [-0.4, -0.2) is 18.3 Å². The number of nitrogens with two attached hydrogens (primary N) is 1. The van der Waals surface area contributed by atoms with Crippen molar-refractivity contribution in [1.29, 1.82) is 0 Å². The normalized spacial score (nSPS) is 12.5. The smallest absolute Gasteiger partial charge is 0.122 e. The van der Waals surface area contributed by atoms with E-state index in [4.69, 9.17) is 15.6 Å². The molecule has 3 N–H and O–H groups in total. The number of unbranched alkanes of at least 4 members (excludes halogenated alkanes) is 1. The lowest BCUT2D eigenvalue weighted by Crippen LogP contribution is -2.06. The molecule has 0 heterocycles. The highest BCUT2D eigenvalue weighted by molar-refractivity contribution is 5.37. The van der Waals surface area contributed by atoms with E-state index in [1.165, 1.54) is 0 Å². The van der Waals surface area contributed by atoms with Crippen LogP contribution in [0.15, 0.2) is 18.2 Å². The molecule has 0 spiro atoms. The maximum Gasteiger partial charge on any atom is 0.122 e. The van der Waals surface area contributed by atoms with Gasteiger partial charge in [-0.15, -0.1) is 0 Å². The number of rotatable bonds is 6. The van der Waals surface area contributed by atoms with Crippen LogP contribution in [0.1, 0.15) is 36.9 Å². The van der Waals surface area contributed by atoms with E-state index in [9.17, 15) is 0 Å². The molecule has 3 nitrogen and oxygen atoms in total. The average molecular weight is 223 g/mol. The van der Waals surface area contributed by atoms with E-state index < -0.39 is 0 Å². The van der Waals surface area contributed by atoms with Crippen LogP contribution in [0.5, 0.6) is 5.75 Å². The predicted molar refractivity (Wildman–Crippen MR) is 65.6 cm³/mol. The molecule has 1 aromatic carbocycles. The Labute approximate surface area is 97.2 Å². The third-order valence-electron chi connectivity index (χ3n) is 2.53. The van der Waals surface area contributed by atoms with Gasteiger partial charge in [-0.05, 0) is 43.9 Å². The van der Waals surface area contributed by atoms with Crippen molar-refractivity contribution < 1.29 is 9.84 Å². The van der Waals surface area contributed by atoms with Gasteiger partial charge in [-0.25, -0.2) is 0 Å². The number of aliphatic hydroxyl groups excluding tert-OH is 1. The molecular weight excluding hydrogens is 202 g/mol. The summed E-state index contributed by atoms with van der Waals surface area (Å²) < 4.78 is 5.62. The van der Waals surface area contributed by atoms with Crippen molar-refractivity contribution in [2.45, 2.75) is 32.7 Å². The van der Waals surface area contributed by atoms with E-state index >= 15 is 0 Å². The Morgan fingerprint density at radius 2 is 2.12 bits per heavy atom. The molecule has 0 unspecified atom stereocenters. The fraction of sp³-hybridized carbons (Fsp3) is 0.538. The molecule has 0 aromatic heterocycles. The van der Waals surface area contributed by atoms with Crippen LogP contribution >= 0.6 is 0 Å². The van der Waals surface area contributed by atoms with Crippen molar-refractivity contribution in [3.8, 4) is 5.75 Å². The van der Waals surface area contributed by atoms with E-state index in [2.05, 4.69) is 6.07 Å². The maximum atomic E-state index is 8.65. The van der Waals surface area contributed by atoms with Crippen molar-refractivity contribution in [1.82, 2.24) is 0 Å². The number of hydrogen-bond donors (Lipinski definition) is 2. The van der Waals surface area contributed by atoms with Crippen LogP contribution in [0.25, 0.3) is 0 Å². The van der Waals surface area contributed by atoms with E-state index in [0.29, 0.717) is 6.61 Å². The second kappa shape index (κ2) is 6.51. The Kier molecular flexibility index (Phi) is 5.29. The molecule has 1 atom stereocenters. The SMILES string of the molecule is Cc1cc([C@H](C)N)ccc1OCCCCO. The molecule has 16 heavy (non-hydrogen) atoms. The third-order valence-corrected chi connectivity index (χ3v) is 2.53. The molecule has 0 amide bonds. The Morgan fingerprint density at radius 1 is 1.38 bits per heavy atom. The van der Waals surface area contributed by atoms with E-state index in [-0.39, 0.29) is 12.6 Å². The topological polar surface area (TPSA) is 55.5 Å². The van der Waals surface area contributed by atoms with Gasteiger partial charge in [0, 0.05) is 12.6 Å². The monoisotopic (exact) mass is 223 g/mol. The lowest BCUT2D eigenvalue weighted by Gasteiger charge is -2.12. The van der Waals surface area contributed by atoms with Crippen molar-refractivity contribution in [3.05, 3.63) is 29.3 Å². The van der Waals surface area contributed by atoms with Crippen molar-refractivity contribution in [3.63, 3.8) is 0 Å². The van der Waals surface area contributed by atoms with Gasteiger partial charge in [0.2, 0.25) is 0 Å². The van der Waals surface area contributed by atoms with Crippen molar-refractivity contribution in [2.24, 2.45) is 5.73 Å². The summed E-state index contributed by atoms with van der Waals surface area (Å²) in [6.07, 6.45) is 1.67. The standard InChI is InChI=1S/C13H21NO2/c1-10-9-12(11(2)14)5-6-13(10)16-8-4-3-7-15/h5-6,9,11,15H,3-4,7-8,14H2,1-2H3/t11-/m0/s1. The van der Waals surface area contributed by atoms with Gasteiger partial charge in [-0.3, -0.25) is 0 Å². The summed E-state index contributed by atoms with van der Waals surface area (Å²) in [5.74, 6) is 0.905. The number of ether oxygens (including phenoxy) is 1. The molecule has 0 saturated carbocycles. The van der Waals surface area contributed by atoms with Crippen molar-refractivity contribution in [2.75, 3.05) is 13.2 Å². The second-order valence-corrected chi connectivity index (χ2v) is 4.09. The Hall–Kier alpha value is -1.06. The molecule has 0 aliphatic heterocycles. The first-order chi connectivity index (χ1) is 7.65. The third kappa shape index (κ3) is 3.83. The molecule has 1 rings (SSSR count). The Morgan fingerprint density at radius 3 is 2.69 bits per heavy atom. The predicted octanol–water partition coefficient (Wildman–Crippen LogP) is 2.17. The zero-order chi connectivity index (χ0) is 12.0. The summed E-state index contributed by atoms with van der Waals surface area (Å²) >= 11 is 0. The number of benzene rings is 1. The van der Waals surface area contributed by atoms with Crippen LogP contribution in [0, 0.1) is 6.92 Å². The molecule has 0 radical (unpaired) electrons. The second-order valence-electron chi connectivity index (χ2n) is 4.09. The van der Waals surface area contributed by atoms with Gasteiger partial charge < -0.3 is 15.6 Å². The highest BCUT2D eigenvalue weighted by Gasteiger charge is 2.03. The minimum atomic E-state index is 0.0575. The van der Waals surface area contributed by atoms with Gasteiger partial charge in [0.05, 0.1) is 6.61 Å². The van der Waals surface area contributed by atoms with E-state index in [1.807, 2.05) is 26.0 Å². The number of hydrogen-bond acceptors (Lipinski definition) is 3. The number of aliphatic hydroxyl groups is 1. The molecule has 0 bridgehead atoms. The van der Waals surface area contributed by atoms with E-state index in [0.717, 1.165) is 29.7 Å². The van der Waals surface area contributed by atoms with Gasteiger partial charge in [0.25, 0.3) is 0 Å². The zero-order valence-corrected chi connectivity index (χ0v) is 10.1. The van der Waals surface area contributed by atoms with Gasteiger partial charge in [-0.2, -0.15) is 0 Å². The van der Waals surface area contributed by atoms with Gasteiger partial charge in [0.15, 0.2) is 0 Å². The van der Waals surface area contributed by atoms with Crippen molar-refractivity contribution >= 4 is 0 Å². The lowest BCUT2D eigenvalue weighted by atomic mass is 10.1. The van der Waals surface area contributed by atoms with E-state index in [1.54, 1.807) is 0 Å². The highest BCUT2D eigenvalue weighted by atomic mass is 16.5. The minimum absolute atomic E-state index is 0.0575. The van der Waals surface area contributed by atoms with Gasteiger partial charge >= 0.3 is 0 Å². The lowest BCUT2D eigenvalue weighted by molar-refractivity contribution is 0.252. The molecule has 3 heteroatoms. The van der Waals surface area contributed by atoms with Gasteiger partial charge in [0.1, 0.15) is 5.75 Å². The van der Waals surface area contributed by atoms with Crippen LogP contribution in [0.2, 0.25) is 0 Å². The number of aryl methyl sites for hydroxylation is 1. The fourth-order valence-corrected chi connectivity index (χ4v) is 1.51. The summed E-state index contributed by atoms with van der Waals surface area (Å²) in [6, 6.07) is 6.08. The Bertz CT molecular complexity index is 324. The zero-order valence-electron chi connectivity index (χ0n) is 10.1. The average Bonchev–Trinajstić information content (AvgIpc) is 2.26. The fourth-order valence-electron chi connectivity index (χ4n) is 1.51. The molecule has 0 aliphatic rings. The summed E-state index contributed by atoms with van der Waals surface area (Å²) in [7, 11) is 0. The molecule has 1 aromatic rings. The first-order valence-corrected chi connectivity index (χ1v) is 5.75. The maximum absolute atomic E-state index is 8.65. The van der Waals surface area contributed by atoms with Crippen LogP contribution < -0.4 is 10.5 Å². The summed E-state index contributed by atoms with van der Waals surface area (Å²) in [5.41, 5.74) is 8.04. The van der Waals surface area contributed by atoms with Crippen LogP contribution in [-0.2, 0) is 0 Å². The molecule has 0 aliphatic carbocycles. The first kappa shape index (κ1) is 13.0. The highest BCUT2D eigenvalue weighted by Crippen LogP contribution is 2.21. The largest absolute Gasteiger partial charge is 0.493 e. The first-order valence-electron chi connectivity index (χ1n) is 5.75. The quantitative estimate of drug-likeness (QED) is 0.727. The summed E-state index contributed by atoms with van der Waals surface area (Å²) in [6.45, 7) is 4.87. The minimum Gasteiger partial charge on any atom is -0.493 e. The summed E-state index contributed by atoms with van der Waals surface area (Å²) in [5, 5.41) is 8.65. The van der Waals surface area contributed by atoms with Gasteiger partial charge in [-0.1, -0.05) is 12.1 Å². The van der Waals surface area contributed by atoms with Crippen LogP contribution in [0.3, 0.4) is 0 Å². The summed E-state index contributed by atoms with van der Waals surface area (Å²) in [4.78, 5) is 0.